The molecular formula is C10H20N2O4. The molecule has 1 unspecified atom stereocenters. The maximum atomic E-state index is 11.5. The van der Waals surface area contributed by atoms with E-state index >= 15 is 0 Å². The highest BCUT2D eigenvalue weighted by atomic mass is 16.6. The number of rotatable bonds is 5. The molecule has 0 saturated carbocycles. The molecule has 0 aromatic heterocycles. The maximum absolute atomic E-state index is 11.5. The lowest BCUT2D eigenvalue weighted by Crippen LogP contribution is -2.36. The Bertz CT molecular complexity index is 258. The van der Waals surface area contributed by atoms with Gasteiger partial charge in [0.15, 0.2) is 5.92 Å². The fourth-order valence-electron chi connectivity index (χ4n) is 1.07. The first-order valence-electron chi connectivity index (χ1n) is 5.10. The number of hydrogen-bond donors (Lipinski definition) is 3. The van der Waals surface area contributed by atoms with E-state index in [-0.39, 0.29) is 12.8 Å². The van der Waals surface area contributed by atoms with Gasteiger partial charge in [-0.1, -0.05) is 0 Å². The summed E-state index contributed by atoms with van der Waals surface area (Å²) in [5.74, 6) is -3.16. The van der Waals surface area contributed by atoms with Gasteiger partial charge in [-0.15, -0.1) is 0 Å². The molecule has 0 fully saturated rings. The number of carbonyl (C=O) groups is 2. The molecule has 0 bridgehead atoms. The summed E-state index contributed by atoms with van der Waals surface area (Å²) in [5, 5.41) is 8.87. The third-order valence-corrected chi connectivity index (χ3v) is 1.78. The molecule has 0 heterocycles. The van der Waals surface area contributed by atoms with Gasteiger partial charge in [0.2, 0.25) is 0 Å². The van der Waals surface area contributed by atoms with Gasteiger partial charge in [0.1, 0.15) is 5.60 Å². The standard InChI is InChI=1S/C10H20N2O4/c1-10(2,3)16-9(15)6(8(13)14)4-5-7(11)12/h6-7H,4-5,11-12H2,1-3H3,(H,13,14). The van der Waals surface area contributed by atoms with E-state index in [9.17, 15) is 9.59 Å². The van der Waals surface area contributed by atoms with E-state index in [2.05, 4.69) is 0 Å². The van der Waals surface area contributed by atoms with Crippen LogP contribution in [0.4, 0.5) is 0 Å². The van der Waals surface area contributed by atoms with Gasteiger partial charge >= 0.3 is 11.9 Å². The molecule has 0 aliphatic carbocycles. The van der Waals surface area contributed by atoms with Crippen LogP contribution in [-0.2, 0) is 14.3 Å². The number of nitrogens with two attached hydrogens (primary N) is 2. The van der Waals surface area contributed by atoms with Crippen molar-refractivity contribution in [2.24, 2.45) is 17.4 Å². The van der Waals surface area contributed by atoms with E-state index in [1.807, 2.05) is 0 Å². The van der Waals surface area contributed by atoms with Crippen LogP contribution >= 0.6 is 0 Å². The van der Waals surface area contributed by atoms with E-state index in [1.54, 1.807) is 20.8 Å². The van der Waals surface area contributed by atoms with Crippen molar-refractivity contribution in [2.45, 2.75) is 45.4 Å². The topological polar surface area (TPSA) is 116 Å². The molecule has 1 atom stereocenters. The Morgan fingerprint density at radius 2 is 1.75 bits per heavy atom. The van der Waals surface area contributed by atoms with E-state index in [0.717, 1.165) is 0 Å². The van der Waals surface area contributed by atoms with Crippen molar-refractivity contribution < 1.29 is 19.4 Å². The van der Waals surface area contributed by atoms with Crippen LogP contribution in [0.5, 0.6) is 0 Å². The molecule has 0 radical (unpaired) electrons. The highest BCUT2D eigenvalue weighted by molar-refractivity contribution is 5.94. The molecule has 5 N–H and O–H groups in total. The second kappa shape index (κ2) is 5.81. The van der Waals surface area contributed by atoms with Crippen molar-refractivity contribution in [1.82, 2.24) is 0 Å². The van der Waals surface area contributed by atoms with Gasteiger partial charge in [-0.2, -0.15) is 0 Å². The number of aliphatic carboxylic acids is 1. The molecule has 0 aliphatic heterocycles. The molecule has 0 saturated heterocycles. The Hall–Kier alpha value is -1.14. The normalized spacial score (nSPS) is 13.6. The average molecular weight is 232 g/mol. The van der Waals surface area contributed by atoms with E-state index < -0.39 is 29.6 Å². The van der Waals surface area contributed by atoms with Gasteiger partial charge in [0.05, 0.1) is 6.17 Å². The molecule has 0 aromatic carbocycles. The number of esters is 1. The Morgan fingerprint density at radius 3 is 2.06 bits per heavy atom. The highest BCUT2D eigenvalue weighted by Crippen LogP contribution is 2.15. The van der Waals surface area contributed by atoms with Crippen LogP contribution in [0.25, 0.3) is 0 Å². The van der Waals surface area contributed by atoms with Crippen LogP contribution in [-0.4, -0.2) is 28.8 Å². The Morgan fingerprint density at radius 1 is 1.25 bits per heavy atom. The molecule has 0 amide bonds. The predicted octanol–water partition coefficient (Wildman–Crippen LogP) is 0.0526. The molecule has 0 aliphatic rings. The third-order valence-electron chi connectivity index (χ3n) is 1.78. The lowest BCUT2D eigenvalue weighted by Gasteiger charge is -2.22. The van der Waals surface area contributed by atoms with Crippen LogP contribution in [0.3, 0.4) is 0 Å². The minimum absolute atomic E-state index is 0.0852. The third kappa shape index (κ3) is 6.36. The first kappa shape index (κ1) is 14.9. The van der Waals surface area contributed by atoms with E-state index in [1.165, 1.54) is 0 Å². The lowest BCUT2D eigenvalue weighted by atomic mass is 10.0. The highest BCUT2D eigenvalue weighted by Gasteiger charge is 2.30. The summed E-state index contributed by atoms with van der Waals surface area (Å²) in [7, 11) is 0. The van der Waals surface area contributed by atoms with E-state index in [0.29, 0.717) is 0 Å². The Kier molecular flexibility index (Phi) is 5.40. The summed E-state index contributed by atoms with van der Waals surface area (Å²) in [5.41, 5.74) is 9.90. The molecule has 16 heavy (non-hydrogen) atoms. The summed E-state index contributed by atoms with van der Waals surface area (Å²) in [6.45, 7) is 5.04. The van der Waals surface area contributed by atoms with Crippen molar-refractivity contribution in [3.63, 3.8) is 0 Å². The number of ether oxygens (including phenoxy) is 1. The Balaban J connectivity index is 4.42. The first-order valence-corrected chi connectivity index (χ1v) is 5.10. The summed E-state index contributed by atoms with van der Waals surface area (Å²) >= 11 is 0. The fourth-order valence-corrected chi connectivity index (χ4v) is 1.07. The predicted molar refractivity (Wildman–Crippen MR) is 58.4 cm³/mol. The van der Waals surface area contributed by atoms with Crippen molar-refractivity contribution >= 4 is 11.9 Å². The number of hydrogen-bond acceptors (Lipinski definition) is 5. The fraction of sp³-hybridized carbons (Fsp3) is 0.800. The molecule has 0 aromatic rings. The molecule has 6 nitrogen and oxygen atoms in total. The molecule has 0 spiro atoms. The van der Waals surface area contributed by atoms with Crippen LogP contribution in [0.1, 0.15) is 33.6 Å². The summed E-state index contributed by atoms with van der Waals surface area (Å²) in [6.07, 6.45) is -0.276. The van der Waals surface area contributed by atoms with Gasteiger partial charge in [-0.05, 0) is 33.6 Å². The van der Waals surface area contributed by atoms with Crippen molar-refractivity contribution in [3.8, 4) is 0 Å². The average Bonchev–Trinajstić information content (AvgIpc) is 1.98. The lowest BCUT2D eigenvalue weighted by molar-refractivity contribution is -0.167. The summed E-state index contributed by atoms with van der Waals surface area (Å²) in [4.78, 5) is 22.4. The second-order valence-electron chi connectivity index (χ2n) is 4.67. The summed E-state index contributed by atoms with van der Waals surface area (Å²) in [6, 6.07) is 0. The van der Waals surface area contributed by atoms with Crippen molar-refractivity contribution in [3.05, 3.63) is 0 Å². The second-order valence-corrected chi connectivity index (χ2v) is 4.67. The van der Waals surface area contributed by atoms with Gasteiger partial charge in [0, 0.05) is 0 Å². The zero-order chi connectivity index (χ0) is 12.9. The summed E-state index contributed by atoms with van der Waals surface area (Å²) < 4.78 is 4.99. The Labute approximate surface area is 94.9 Å². The first-order chi connectivity index (χ1) is 7.13. The zero-order valence-corrected chi connectivity index (χ0v) is 9.90. The van der Waals surface area contributed by atoms with Gasteiger partial charge in [-0.3, -0.25) is 9.59 Å². The largest absolute Gasteiger partial charge is 0.481 e. The van der Waals surface area contributed by atoms with Crippen molar-refractivity contribution in [2.75, 3.05) is 0 Å². The quantitative estimate of drug-likeness (QED) is 0.350. The van der Waals surface area contributed by atoms with Gasteiger partial charge in [-0.25, -0.2) is 0 Å². The van der Waals surface area contributed by atoms with Crippen LogP contribution in [0.2, 0.25) is 0 Å². The maximum Gasteiger partial charge on any atom is 0.320 e. The molecule has 94 valence electrons. The SMILES string of the molecule is CC(C)(C)OC(=O)C(CCC(N)N)C(=O)O. The number of carboxylic acids is 1. The molecule has 6 heteroatoms. The van der Waals surface area contributed by atoms with Crippen LogP contribution < -0.4 is 11.5 Å². The molecular weight excluding hydrogens is 212 g/mol. The van der Waals surface area contributed by atoms with E-state index in [4.69, 9.17) is 21.3 Å². The van der Waals surface area contributed by atoms with Crippen molar-refractivity contribution in [1.29, 1.82) is 0 Å². The zero-order valence-electron chi connectivity index (χ0n) is 9.90. The van der Waals surface area contributed by atoms with Crippen LogP contribution in [0.15, 0.2) is 0 Å². The van der Waals surface area contributed by atoms with Gasteiger partial charge < -0.3 is 21.3 Å². The smallest absolute Gasteiger partial charge is 0.320 e. The minimum Gasteiger partial charge on any atom is -0.481 e. The monoisotopic (exact) mass is 232 g/mol. The number of carbonyl (C=O) groups excluding carboxylic acids is 1. The van der Waals surface area contributed by atoms with Gasteiger partial charge in [0.25, 0.3) is 0 Å². The molecule has 0 rings (SSSR count). The minimum atomic E-state index is -1.21. The number of carboxylic acid groups (broad SMARTS) is 1. The van der Waals surface area contributed by atoms with Crippen LogP contribution in [0, 0.1) is 5.92 Å².